The molecule has 4 rings (SSSR count). The molecular formula is C20H17N7O3S. The lowest BCUT2D eigenvalue weighted by atomic mass is 10.2. The number of carboxylic acids is 1. The van der Waals surface area contributed by atoms with Gasteiger partial charge in [0, 0.05) is 17.3 Å². The zero-order chi connectivity index (χ0) is 21.8. The molecule has 10 nitrogen and oxygen atoms in total. The Bertz CT molecular complexity index is 1230. The van der Waals surface area contributed by atoms with Crippen molar-refractivity contribution in [3.05, 3.63) is 60.2 Å². The quantitative estimate of drug-likeness (QED) is 0.249. The molecule has 0 fully saturated rings. The van der Waals surface area contributed by atoms with E-state index in [9.17, 15) is 4.79 Å². The molecule has 0 saturated carbocycles. The van der Waals surface area contributed by atoms with Crippen molar-refractivity contribution in [3.63, 3.8) is 0 Å². The van der Waals surface area contributed by atoms with Crippen LogP contribution in [0.2, 0.25) is 0 Å². The predicted octanol–water partition coefficient (Wildman–Crippen LogP) is 3.80. The second-order valence-electron chi connectivity index (χ2n) is 6.28. The zero-order valence-corrected chi connectivity index (χ0v) is 17.1. The van der Waals surface area contributed by atoms with Gasteiger partial charge >= 0.3 is 5.97 Å². The maximum Gasteiger partial charge on any atom is 0.335 e. The molecule has 0 saturated heterocycles. The van der Waals surface area contributed by atoms with Gasteiger partial charge in [-0.15, -0.1) is 10.2 Å². The van der Waals surface area contributed by atoms with Crippen LogP contribution in [0.15, 0.2) is 59.8 Å². The number of rotatable bonds is 7. The van der Waals surface area contributed by atoms with Crippen LogP contribution in [-0.2, 0) is 0 Å². The minimum atomic E-state index is -1.00. The van der Waals surface area contributed by atoms with Crippen LogP contribution in [-0.4, -0.2) is 42.5 Å². The number of carbonyl (C=O) groups is 1. The molecule has 156 valence electrons. The van der Waals surface area contributed by atoms with E-state index < -0.39 is 5.97 Å². The third-order valence-corrected chi connectivity index (χ3v) is 4.64. The Morgan fingerprint density at radius 3 is 2.68 bits per heavy atom. The number of benzene rings is 2. The topological polar surface area (TPSA) is 152 Å². The summed E-state index contributed by atoms with van der Waals surface area (Å²) in [4.78, 5) is 22.5. The van der Waals surface area contributed by atoms with Gasteiger partial charge in [0.1, 0.15) is 11.6 Å². The summed E-state index contributed by atoms with van der Waals surface area (Å²) in [6, 6.07) is 15.2. The smallest absolute Gasteiger partial charge is 0.335 e. The molecule has 0 aliphatic carbocycles. The highest BCUT2D eigenvalue weighted by molar-refractivity contribution is 7.98. The second kappa shape index (κ2) is 8.71. The van der Waals surface area contributed by atoms with Gasteiger partial charge in [-0.05, 0) is 48.7 Å². The number of H-pyrrole nitrogens is 1. The Morgan fingerprint density at radius 2 is 1.94 bits per heavy atom. The number of anilines is 3. The van der Waals surface area contributed by atoms with Gasteiger partial charge in [-0.25, -0.2) is 9.78 Å². The summed E-state index contributed by atoms with van der Waals surface area (Å²) in [5.74, 6) is 1.20. The Morgan fingerprint density at radius 1 is 1.13 bits per heavy atom. The van der Waals surface area contributed by atoms with Gasteiger partial charge in [0.15, 0.2) is 11.0 Å². The number of aromatic nitrogens is 5. The number of nitrogens with zero attached hydrogens (tertiary/aromatic N) is 4. The lowest BCUT2D eigenvalue weighted by Crippen LogP contribution is -1.98. The van der Waals surface area contributed by atoms with E-state index in [1.54, 1.807) is 30.3 Å². The highest BCUT2D eigenvalue weighted by Gasteiger charge is 2.09. The maximum absolute atomic E-state index is 11.1. The number of hydrogen-bond acceptors (Lipinski definition) is 9. The molecule has 4 aromatic rings. The lowest BCUT2D eigenvalue weighted by molar-refractivity contribution is 0.0697. The fourth-order valence-electron chi connectivity index (χ4n) is 2.68. The molecule has 0 unspecified atom stereocenters. The van der Waals surface area contributed by atoms with Crippen LogP contribution in [0.5, 0.6) is 11.6 Å². The molecule has 2 heterocycles. The molecule has 31 heavy (non-hydrogen) atoms. The summed E-state index contributed by atoms with van der Waals surface area (Å²) in [5.41, 5.74) is 7.32. The summed E-state index contributed by atoms with van der Waals surface area (Å²) in [7, 11) is 0. The van der Waals surface area contributed by atoms with Gasteiger partial charge in [-0.3, -0.25) is 0 Å². The molecular weight excluding hydrogens is 418 g/mol. The fourth-order valence-corrected chi connectivity index (χ4v) is 3.06. The van der Waals surface area contributed by atoms with Crippen LogP contribution in [0.25, 0.3) is 11.4 Å². The monoisotopic (exact) mass is 435 g/mol. The van der Waals surface area contributed by atoms with E-state index in [-0.39, 0.29) is 5.56 Å². The summed E-state index contributed by atoms with van der Waals surface area (Å²) >= 11 is 1.38. The first kappa shape index (κ1) is 20.2. The number of thioether (sulfide) groups is 1. The first-order chi connectivity index (χ1) is 15.0. The predicted molar refractivity (Wildman–Crippen MR) is 117 cm³/mol. The molecule has 0 radical (unpaired) electrons. The van der Waals surface area contributed by atoms with Crippen molar-refractivity contribution >= 4 is 35.2 Å². The third kappa shape index (κ3) is 4.90. The summed E-state index contributed by atoms with van der Waals surface area (Å²) in [6.45, 7) is 0. The van der Waals surface area contributed by atoms with Gasteiger partial charge in [0.2, 0.25) is 11.8 Å². The fraction of sp³-hybridized carbons (Fsp3) is 0.0500. The highest BCUT2D eigenvalue weighted by atomic mass is 32.2. The van der Waals surface area contributed by atoms with Gasteiger partial charge in [0.25, 0.3) is 0 Å². The van der Waals surface area contributed by atoms with Crippen LogP contribution in [0.4, 0.5) is 17.5 Å². The number of aromatic carboxylic acids is 1. The van der Waals surface area contributed by atoms with Crippen molar-refractivity contribution in [1.29, 1.82) is 0 Å². The largest absolute Gasteiger partial charge is 0.478 e. The number of nitrogen functional groups attached to an aromatic ring is 1. The van der Waals surface area contributed by atoms with Crippen LogP contribution in [0.3, 0.4) is 0 Å². The van der Waals surface area contributed by atoms with E-state index in [0.717, 1.165) is 5.56 Å². The normalized spacial score (nSPS) is 10.6. The van der Waals surface area contributed by atoms with Crippen LogP contribution >= 0.6 is 11.8 Å². The Balaban J connectivity index is 1.46. The van der Waals surface area contributed by atoms with Crippen molar-refractivity contribution in [2.45, 2.75) is 5.16 Å². The average molecular weight is 435 g/mol. The minimum absolute atomic E-state index is 0.176. The standard InChI is InChI=1S/C20H17N7O3S/c1-31-20-23-15(21)10-16(24-20)30-14-7-5-11(6-8-14)17-25-19(27-26-17)22-13-4-2-3-12(9-13)18(28)29/h2-10H,1H3,(H,28,29)(H2,21,23,24)(H2,22,25,26,27). The molecule has 0 aliphatic heterocycles. The average Bonchev–Trinajstić information content (AvgIpc) is 3.22. The second-order valence-corrected chi connectivity index (χ2v) is 7.05. The zero-order valence-electron chi connectivity index (χ0n) is 16.2. The maximum atomic E-state index is 11.1. The molecule has 2 aromatic carbocycles. The molecule has 0 aliphatic rings. The van der Waals surface area contributed by atoms with Crippen LogP contribution in [0.1, 0.15) is 10.4 Å². The molecule has 0 bridgehead atoms. The number of hydrogen-bond donors (Lipinski definition) is 4. The van der Waals surface area contributed by atoms with Gasteiger partial charge < -0.3 is 25.9 Å². The minimum Gasteiger partial charge on any atom is -0.478 e. The molecule has 0 amide bonds. The van der Waals surface area contributed by atoms with Crippen LogP contribution < -0.4 is 15.8 Å². The first-order valence-corrected chi connectivity index (χ1v) is 10.2. The number of nitrogens with two attached hydrogens (primary N) is 1. The van der Waals surface area contributed by atoms with E-state index in [1.165, 1.54) is 23.9 Å². The summed E-state index contributed by atoms with van der Waals surface area (Å²) < 4.78 is 5.76. The number of ether oxygens (including phenoxy) is 1. The van der Waals surface area contributed by atoms with Crippen molar-refractivity contribution in [2.75, 3.05) is 17.3 Å². The van der Waals surface area contributed by atoms with Gasteiger partial charge in [0.05, 0.1) is 5.56 Å². The lowest BCUT2D eigenvalue weighted by Gasteiger charge is -2.07. The molecule has 0 spiro atoms. The Hall–Kier alpha value is -4.12. The molecule has 0 atom stereocenters. The summed E-state index contributed by atoms with van der Waals surface area (Å²) in [6.07, 6.45) is 1.86. The van der Waals surface area contributed by atoms with Crippen molar-refractivity contribution in [1.82, 2.24) is 25.1 Å². The molecule has 11 heteroatoms. The van der Waals surface area contributed by atoms with Gasteiger partial charge in [-0.2, -0.15) is 4.98 Å². The van der Waals surface area contributed by atoms with E-state index in [1.807, 2.05) is 18.4 Å². The molecule has 2 aromatic heterocycles. The van der Waals surface area contributed by atoms with Gasteiger partial charge in [-0.1, -0.05) is 17.8 Å². The number of nitrogens with one attached hydrogen (secondary N) is 2. The number of carboxylic acid groups (broad SMARTS) is 1. The molecule has 5 N–H and O–H groups in total. The SMILES string of the molecule is CSc1nc(N)cc(Oc2ccc(-c3nnc(Nc4cccc(C(=O)O)c4)[nH]3)cc2)n1. The van der Waals surface area contributed by atoms with Crippen LogP contribution in [0, 0.1) is 0 Å². The Labute approximate surface area is 180 Å². The highest BCUT2D eigenvalue weighted by Crippen LogP contribution is 2.26. The van der Waals surface area contributed by atoms with E-state index in [0.29, 0.717) is 40.1 Å². The summed E-state index contributed by atoms with van der Waals surface area (Å²) in [5, 5.41) is 20.8. The first-order valence-electron chi connectivity index (χ1n) is 9.00. The van der Waals surface area contributed by atoms with Crippen molar-refractivity contribution < 1.29 is 14.6 Å². The Kier molecular flexibility index (Phi) is 5.67. The third-order valence-electron chi connectivity index (χ3n) is 4.09. The van der Waals surface area contributed by atoms with Crippen molar-refractivity contribution in [2.24, 2.45) is 0 Å². The number of aromatic amines is 1. The van der Waals surface area contributed by atoms with E-state index in [4.69, 9.17) is 15.6 Å². The van der Waals surface area contributed by atoms with E-state index in [2.05, 4.69) is 30.5 Å². The van der Waals surface area contributed by atoms with E-state index >= 15 is 0 Å². The van der Waals surface area contributed by atoms with Crippen molar-refractivity contribution in [3.8, 4) is 23.0 Å².